The third-order valence-electron chi connectivity index (χ3n) is 3.07. The first kappa shape index (κ1) is 12.6. The number of rotatable bonds is 2. The predicted octanol–water partition coefficient (Wildman–Crippen LogP) is 0.765. The van der Waals surface area contributed by atoms with Crippen LogP contribution in [0.25, 0.3) is 0 Å². The van der Waals surface area contributed by atoms with Crippen molar-refractivity contribution in [1.82, 2.24) is 9.55 Å². The second-order valence-electron chi connectivity index (χ2n) is 4.17. The van der Waals surface area contributed by atoms with Gasteiger partial charge in [0.2, 0.25) is 5.75 Å². The van der Waals surface area contributed by atoms with Gasteiger partial charge in [-0.15, -0.1) is 0 Å². The van der Waals surface area contributed by atoms with E-state index in [9.17, 15) is 9.59 Å². The molecule has 6 heteroatoms. The van der Waals surface area contributed by atoms with Crippen molar-refractivity contribution in [3.05, 3.63) is 21.9 Å². The number of methoxy groups -OCH3 is 2. The Balaban J connectivity index is 2.62. The van der Waals surface area contributed by atoms with Gasteiger partial charge in [0.05, 0.1) is 14.2 Å². The average molecular weight is 252 g/mol. The van der Waals surface area contributed by atoms with Crippen LogP contribution in [0.4, 0.5) is 0 Å². The van der Waals surface area contributed by atoms with E-state index in [-0.39, 0.29) is 17.0 Å². The quantitative estimate of drug-likeness (QED) is 0.727. The normalized spacial score (nSPS) is 14.6. The van der Waals surface area contributed by atoms with Gasteiger partial charge < -0.3 is 9.47 Å². The van der Waals surface area contributed by atoms with Crippen molar-refractivity contribution in [3.8, 4) is 5.75 Å². The van der Waals surface area contributed by atoms with Crippen LogP contribution in [0.5, 0.6) is 5.75 Å². The van der Waals surface area contributed by atoms with Gasteiger partial charge in [-0.05, 0) is 12.8 Å². The fourth-order valence-electron chi connectivity index (χ4n) is 2.15. The Morgan fingerprint density at radius 2 is 2.06 bits per heavy atom. The van der Waals surface area contributed by atoms with Gasteiger partial charge in [-0.1, -0.05) is 6.42 Å². The lowest BCUT2D eigenvalue weighted by atomic mass is 10.2. The first-order valence-corrected chi connectivity index (χ1v) is 5.95. The van der Waals surface area contributed by atoms with Gasteiger partial charge >= 0.3 is 5.97 Å². The van der Waals surface area contributed by atoms with Gasteiger partial charge in [0.15, 0.2) is 5.69 Å². The number of carbonyl (C=O) groups is 1. The Labute approximate surface area is 105 Å². The van der Waals surface area contributed by atoms with E-state index in [4.69, 9.17) is 4.74 Å². The first-order valence-electron chi connectivity index (χ1n) is 5.95. The topological polar surface area (TPSA) is 70.4 Å². The van der Waals surface area contributed by atoms with E-state index in [2.05, 4.69) is 9.72 Å². The summed E-state index contributed by atoms with van der Waals surface area (Å²) in [6.07, 6.45) is 3.66. The zero-order valence-corrected chi connectivity index (χ0v) is 10.6. The van der Waals surface area contributed by atoms with E-state index >= 15 is 0 Å². The molecule has 0 N–H and O–H groups in total. The summed E-state index contributed by atoms with van der Waals surface area (Å²) in [5, 5.41) is 0. The van der Waals surface area contributed by atoms with Crippen LogP contribution in [0.15, 0.2) is 4.79 Å². The molecule has 0 aromatic carbocycles. The second-order valence-corrected chi connectivity index (χ2v) is 4.17. The van der Waals surface area contributed by atoms with Crippen LogP contribution in [0.2, 0.25) is 0 Å². The molecule has 0 bridgehead atoms. The molecule has 98 valence electrons. The minimum Gasteiger partial charge on any atom is -0.489 e. The van der Waals surface area contributed by atoms with Crippen molar-refractivity contribution in [2.45, 2.75) is 32.2 Å². The lowest BCUT2D eigenvalue weighted by Crippen LogP contribution is -2.28. The van der Waals surface area contributed by atoms with Crippen molar-refractivity contribution in [3.63, 3.8) is 0 Å². The van der Waals surface area contributed by atoms with E-state index in [1.54, 1.807) is 4.57 Å². The Hall–Kier alpha value is -1.85. The van der Waals surface area contributed by atoms with Crippen molar-refractivity contribution in [1.29, 1.82) is 0 Å². The zero-order chi connectivity index (χ0) is 13.1. The fraction of sp³-hybridized carbons (Fsp3) is 0.583. The first-order chi connectivity index (χ1) is 8.69. The lowest BCUT2D eigenvalue weighted by Gasteiger charge is -2.12. The molecule has 6 nitrogen and oxygen atoms in total. The SMILES string of the molecule is COC(=O)c1nc2n(c(=O)c1OC)CCCCC2. The maximum Gasteiger partial charge on any atom is 0.360 e. The van der Waals surface area contributed by atoms with Crippen molar-refractivity contribution < 1.29 is 14.3 Å². The molecule has 2 rings (SSSR count). The van der Waals surface area contributed by atoms with Crippen LogP contribution >= 0.6 is 0 Å². The highest BCUT2D eigenvalue weighted by atomic mass is 16.5. The molecule has 0 radical (unpaired) electrons. The van der Waals surface area contributed by atoms with Gasteiger partial charge in [0.1, 0.15) is 5.82 Å². The third-order valence-corrected chi connectivity index (χ3v) is 3.07. The second kappa shape index (κ2) is 5.20. The van der Waals surface area contributed by atoms with Crippen LogP contribution in [0.1, 0.15) is 35.6 Å². The summed E-state index contributed by atoms with van der Waals surface area (Å²) in [6.45, 7) is 0.624. The predicted molar refractivity (Wildman–Crippen MR) is 63.9 cm³/mol. The zero-order valence-electron chi connectivity index (χ0n) is 10.6. The number of nitrogens with zero attached hydrogens (tertiary/aromatic N) is 2. The van der Waals surface area contributed by atoms with E-state index in [1.165, 1.54) is 14.2 Å². The van der Waals surface area contributed by atoms with Gasteiger partial charge in [0, 0.05) is 13.0 Å². The van der Waals surface area contributed by atoms with Gasteiger partial charge in [-0.3, -0.25) is 9.36 Å². The molecule has 0 atom stereocenters. The molecular weight excluding hydrogens is 236 g/mol. The van der Waals surface area contributed by atoms with E-state index in [1.807, 2.05) is 0 Å². The molecule has 1 aromatic rings. The molecule has 0 fully saturated rings. The molecule has 2 heterocycles. The molecule has 1 aliphatic heterocycles. The van der Waals surface area contributed by atoms with Crippen LogP contribution in [-0.2, 0) is 17.7 Å². The number of hydrogen-bond donors (Lipinski definition) is 0. The molecule has 0 spiro atoms. The summed E-state index contributed by atoms with van der Waals surface area (Å²) in [5.74, 6) is -0.0391. The Morgan fingerprint density at radius 3 is 2.72 bits per heavy atom. The lowest BCUT2D eigenvalue weighted by molar-refractivity contribution is 0.0588. The van der Waals surface area contributed by atoms with Crippen molar-refractivity contribution >= 4 is 5.97 Å². The van der Waals surface area contributed by atoms with Gasteiger partial charge in [0.25, 0.3) is 5.56 Å². The smallest absolute Gasteiger partial charge is 0.360 e. The van der Waals surface area contributed by atoms with Gasteiger partial charge in [-0.2, -0.15) is 0 Å². The summed E-state index contributed by atoms with van der Waals surface area (Å²) in [5.41, 5.74) is -0.331. The summed E-state index contributed by atoms with van der Waals surface area (Å²) >= 11 is 0. The average Bonchev–Trinajstić information content (AvgIpc) is 2.63. The van der Waals surface area contributed by atoms with E-state index in [0.717, 1.165) is 19.3 Å². The molecular formula is C12H16N2O4. The van der Waals surface area contributed by atoms with Gasteiger partial charge in [-0.25, -0.2) is 9.78 Å². The number of esters is 1. The maximum absolute atomic E-state index is 12.2. The summed E-state index contributed by atoms with van der Waals surface area (Å²) < 4.78 is 11.2. The van der Waals surface area contributed by atoms with Crippen LogP contribution in [0, 0.1) is 0 Å². The number of carbonyl (C=O) groups excluding carboxylic acids is 1. The summed E-state index contributed by atoms with van der Waals surface area (Å²) in [4.78, 5) is 28.1. The van der Waals surface area contributed by atoms with Crippen molar-refractivity contribution in [2.75, 3.05) is 14.2 Å². The van der Waals surface area contributed by atoms with Crippen LogP contribution < -0.4 is 10.3 Å². The minimum atomic E-state index is -0.642. The molecule has 0 amide bonds. The maximum atomic E-state index is 12.2. The Kier molecular flexibility index (Phi) is 3.64. The van der Waals surface area contributed by atoms with Crippen LogP contribution in [0.3, 0.4) is 0 Å². The highest BCUT2D eigenvalue weighted by molar-refractivity contribution is 5.90. The molecule has 0 unspecified atom stereocenters. The summed E-state index contributed by atoms with van der Waals surface area (Å²) in [7, 11) is 2.61. The Bertz CT molecular complexity index is 522. The minimum absolute atomic E-state index is 0.0295. The number of hydrogen-bond acceptors (Lipinski definition) is 5. The molecule has 1 aliphatic rings. The monoisotopic (exact) mass is 252 g/mol. The molecule has 18 heavy (non-hydrogen) atoms. The Morgan fingerprint density at radius 1 is 1.28 bits per heavy atom. The molecule has 1 aromatic heterocycles. The largest absolute Gasteiger partial charge is 0.489 e. The summed E-state index contributed by atoms with van der Waals surface area (Å²) in [6, 6.07) is 0. The third kappa shape index (κ3) is 2.10. The van der Waals surface area contributed by atoms with Crippen molar-refractivity contribution in [2.24, 2.45) is 0 Å². The molecule has 0 saturated heterocycles. The molecule has 0 saturated carbocycles. The fourth-order valence-corrected chi connectivity index (χ4v) is 2.15. The highest BCUT2D eigenvalue weighted by Crippen LogP contribution is 2.17. The number of fused-ring (bicyclic) bond motifs is 1. The standard InChI is InChI=1S/C12H16N2O4/c1-17-10-9(12(16)18-2)13-8-6-4-3-5-7-14(8)11(10)15/h3-7H2,1-2H3. The number of aryl methyl sites for hydroxylation is 1. The van der Waals surface area contributed by atoms with E-state index < -0.39 is 5.97 Å². The molecule has 0 aliphatic carbocycles. The number of aromatic nitrogens is 2. The van der Waals surface area contributed by atoms with E-state index in [0.29, 0.717) is 18.8 Å². The highest BCUT2D eigenvalue weighted by Gasteiger charge is 2.23. The van der Waals surface area contributed by atoms with Crippen LogP contribution in [-0.4, -0.2) is 29.7 Å². The number of ether oxygens (including phenoxy) is 2.